The maximum Gasteiger partial charge on any atom is 0.322 e. The minimum absolute atomic E-state index is 0.0549. The molecule has 0 bridgehead atoms. The Hall–Kier alpha value is -1.75. The fourth-order valence-electron chi connectivity index (χ4n) is 2.27. The number of phenols is 2. The van der Waals surface area contributed by atoms with Gasteiger partial charge in [-0.15, -0.1) is 0 Å². The lowest BCUT2D eigenvalue weighted by Crippen LogP contribution is -2.33. The number of hydrogen-bond donors (Lipinski definition) is 3. The van der Waals surface area contributed by atoms with E-state index < -0.39 is 12.0 Å². The molecule has 20 heavy (non-hydrogen) atoms. The van der Waals surface area contributed by atoms with Crippen molar-refractivity contribution in [2.75, 3.05) is 7.11 Å². The predicted octanol–water partition coefficient (Wildman–Crippen LogP) is 1.95. The highest BCUT2D eigenvalue weighted by atomic mass is 16.5. The molecule has 4 N–H and O–H groups in total. The quantitative estimate of drug-likeness (QED) is 0.664. The Bertz CT molecular complexity index is 427. The summed E-state index contributed by atoms with van der Waals surface area (Å²) in [5, 5.41) is 18.9. The van der Waals surface area contributed by atoms with E-state index in [1.54, 1.807) is 12.1 Å². The second-order valence-electron chi connectivity index (χ2n) is 5.04. The molecule has 5 heteroatoms. The summed E-state index contributed by atoms with van der Waals surface area (Å²) in [5.74, 6) is 0.0191. The zero-order valence-corrected chi connectivity index (χ0v) is 12.0. The summed E-state index contributed by atoms with van der Waals surface area (Å²) in [6.07, 6.45) is 3.04. The van der Waals surface area contributed by atoms with Crippen LogP contribution in [0, 0.1) is 5.92 Å². The summed E-state index contributed by atoms with van der Waals surface area (Å²) < 4.78 is 4.62. The van der Waals surface area contributed by atoms with Gasteiger partial charge in [0, 0.05) is 6.07 Å². The monoisotopic (exact) mass is 281 g/mol. The van der Waals surface area contributed by atoms with Crippen molar-refractivity contribution in [3.8, 4) is 11.5 Å². The Kier molecular flexibility index (Phi) is 6.31. The minimum atomic E-state index is -0.595. The molecule has 2 atom stereocenters. The largest absolute Gasteiger partial charge is 0.508 e. The van der Waals surface area contributed by atoms with Gasteiger partial charge in [-0.05, 0) is 42.9 Å². The third kappa shape index (κ3) is 5.09. The van der Waals surface area contributed by atoms with Gasteiger partial charge in [0.1, 0.15) is 17.5 Å². The smallest absolute Gasteiger partial charge is 0.322 e. The van der Waals surface area contributed by atoms with Crippen LogP contribution in [0.5, 0.6) is 11.5 Å². The number of aryl methyl sites for hydroxylation is 1. The van der Waals surface area contributed by atoms with Crippen molar-refractivity contribution in [1.82, 2.24) is 0 Å². The molecule has 0 radical (unpaired) electrons. The Morgan fingerprint density at radius 1 is 1.30 bits per heavy atom. The van der Waals surface area contributed by atoms with Gasteiger partial charge in [0.15, 0.2) is 0 Å². The van der Waals surface area contributed by atoms with Crippen LogP contribution >= 0.6 is 0 Å². The van der Waals surface area contributed by atoms with E-state index in [2.05, 4.69) is 11.7 Å². The zero-order chi connectivity index (χ0) is 15.1. The molecule has 1 aromatic rings. The second-order valence-corrected chi connectivity index (χ2v) is 5.04. The van der Waals surface area contributed by atoms with E-state index in [9.17, 15) is 15.0 Å². The molecular weight excluding hydrogens is 258 g/mol. The van der Waals surface area contributed by atoms with Crippen LogP contribution in [-0.2, 0) is 16.0 Å². The molecule has 2 unspecified atom stereocenters. The van der Waals surface area contributed by atoms with E-state index in [0.29, 0.717) is 18.8 Å². The first-order valence-electron chi connectivity index (χ1n) is 6.81. The summed E-state index contributed by atoms with van der Waals surface area (Å²) in [5.41, 5.74) is 6.63. The summed E-state index contributed by atoms with van der Waals surface area (Å²) in [7, 11) is 1.33. The summed E-state index contributed by atoms with van der Waals surface area (Å²) in [4.78, 5) is 11.3. The SMILES string of the molecule is CCC(CCc1cc(O)cc(O)c1)CC(N)C(=O)OC. The molecule has 1 rings (SSSR count). The average Bonchev–Trinajstić information content (AvgIpc) is 2.41. The third-order valence-corrected chi connectivity index (χ3v) is 3.47. The molecule has 0 aliphatic heterocycles. The Morgan fingerprint density at radius 2 is 1.90 bits per heavy atom. The Labute approximate surface area is 119 Å². The molecule has 112 valence electrons. The number of benzene rings is 1. The molecule has 0 aliphatic carbocycles. The molecule has 5 nitrogen and oxygen atoms in total. The molecule has 0 spiro atoms. The maximum absolute atomic E-state index is 11.3. The van der Waals surface area contributed by atoms with E-state index in [1.165, 1.54) is 13.2 Å². The maximum atomic E-state index is 11.3. The molecule has 0 saturated carbocycles. The lowest BCUT2D eigenvalue weighted by Gasteiger charge is -2.18. The van der Waals surface area contributed by atoms with Crippen molar-refractivity contribution in [3.63, 3.8) is 0 Å². The first-order valence-corrected chi connectivity index (χ1v) is 6.81. The van der Waals surface area contributed by atoms with Crippen LogP contribution in [0.2, 0.25) is 0 Å². The fourth-order valence-corrected chi connectivity index (χ4v) is 2.27. The van der Waals surface area contributed by atoms with Gasteiger partial charge < -0.3 is 20.7 Å². The number of aromatic hydroxyl groups is 2. The highest BCUT2D eigenvalue weighted by molar-refractivity contribution is 5.75. The van der Waals surface area contributed by atoms with Gasteiger partial charge in [-0.1, -0.05) is 13.3 Å². The van der Waals surface area contributed by atoms with Gasteiger partial charge in [0.05, 0.1) is 7.11 Å². The molecular formula is C15H23NO4. The van der Waals surface area contributed by atoms with Crippen molar-refractivity contribution in [2.24, 2.45) is 11.7 Å². The molecule has 0 aromatic heterocycles. The van der Waals surface area contributed by atoms with Crippen LogP contribution in [-0.4, -0.2) is 29.3 Å². The minimum Gasteiger partial charge on any atom is -0.508 e. The van der Waals surface area contributed by atoms with E-state index in [0.717, 1.165) is 18.4 Å². The van der Waals surface area contributed by atoms with E-state index >= 15 is 0 Å². The van der Waals surface area contributed by atoms with E-state index in [4.69, 9.17) is 5.73 Å². The Morgan fingerprint density at radius 3 is 2.40 bits per heavy atom. The predicted molar refractivity (Wildman–Crippen MR) is 76.5 cm³/mol. The lowest BCUT2D eigenvalue weighted by atomic mass is 9.91. The topological polar surface area (TPSA) is 92.8 Å². The fraction of sp³-hybridized carbons (Fsp3) is 0.533. The lowest BCUT2D eigenvalue weighted by molar-refractivity contribution is -0.142. The number of nitrogens with two attached hydrogens (primary N) is 1. The molecule has 0 heterocycles. The molecule has 1 aromatic carbocycles. The van der Waals surface area contributed by atoms with Crippen molar-refractivity contribution in [3.05, 3.63) is 23.8 Å². The highest BCUT2D eigenvalue weighted by Crippen LogP contribution is 2.24. The van der Waals surface area contributed by atoms with Crippen molar-refractivity contribution in [1.29, 1.82) is 0 Å². The summed E-state index contributed by atoms with van der Waals surface area (Å²) in [6, 6.07) is 3.97. The van der Waals surface area contributed by atoms with Crippen LogP contribution in [0.3, 0.4) is 0 Å². The zero-order valence-electron chi connectivity index (χ0n) is 12.0. The first-order chi connectivity index (χ1) is 9.46. The van der Waals surface area contributed by atoms with Gasteiger partial charge in [0.2, 0.25) is 0 Å². The molecule has 0 aliphatic rings. The highest BCUT2D eigenvalue weighted by Gasteiger charge is 2.19. The summed E-state index contributed by atoms with van der Waals surface area (Å²) in [6.45, 7) is 2.05. The van der Waals surface area contributed by atoms with Crippen molar-refractivity contribution >= 4 is 5.97 Å². The number of carbonyl (C=O) groups excluding carboxylic acids is 1. The van der Waals surface area contributed by atoms with Crippen LogP contribution in [0.15, 0.2) is 18.2 Å². The van der Waals surface area contributed by atoms with Crippen LogP contribution in [0.1, 0.15) is 31.7 Å². The average molecular weight is 281 g/mol. The van der Waals surface area contributed by atoms with Crippen LogP contribution < -0.4 is 5.73 Å². The van der Waals surface area contributed by atoms with Crippen LogP contribution in [0.4, 0.5) is 0 Å². The van der Waals surface area contributed by atoms with Gasteiger partial charge in [0.25, 0.3) is 0 Å². The number of esters is 1. The normalized spacial score (nSPS) is 13.8. The molecule has 0 saturated heterocycles. The van der Waals surface area contributed by atoms with Crippen molar-refractivity contribution in [2.45, 2.75) is 38.6 Å². The summed E-state index contributed by atoms with van der Waals surface area (Å²) >= 11 is 0. The molecule has 0 fully saturated rings. The van der Waals surface area contributed by atoms with Gasteiger partial charge in [-0.2, -0.15) is 0 Å². The standard InChI is InChI=1S/C15H23NO4/c1-3-10(8-14(16)15(19)20-2)4-5-11-6-12(17)9-13(18)7-11/h6-7,9-10,14,17-18H,3-5,8,16H2,1-2H3. The number of hydrogen-bond acceptors (Lipinski definition) is 5. The number of carbonyl (C=O) groups is 1. The third-order valence-electron chi connectivity index (χ3n) is 3.47. The van der Waals surface area contributed by atoms with Gasteiger partial charge >= 0.3 is 5.97 Å². The van der Waals surface area contributed by atoms with Gasteiger partial charge in [-0.25, -0.2) is 0 Å². The number of rotatable bonds is 7. The number of ether oxygens (including phenoxy) is 1. The Balaban J connectivity index is 2.54. The van der Waals surface area contributed by atoms with E-state index in [-0.39, 0.29) is 11.5 Å². The van der Waals surface area contributed by atoms with Crippen LogP contribution in [0.25, 0.3) is 0 Å². The second kappa shape index (κ2) is 7.75. The van der Waals surface area contributed by atoms with E-state index in [1.807, 2.05) is 0 Å². The van der Waals surface area contributed by atoms with Gasteiger partial charge in [-0.3, -0.25) is 4.79 Å². The number of methoxy groups -OCH3 is 1. The number of phenolic OH excluding ortho intramolecular Hbond substituents is 2. The first kappa shape index (κ1) is 16.3. The molecule has 0 amide bonds. The van der Waals surface area contributed by atoms with Crippen molar-refractivity contribution < 1.29 is 19.7 Å².